The second-order valence-corrected chi connectivity index (χ2v) is 5.59. The summed E-state index contributed by atoms with van der Waals surface area (Å²) in [7, 11) is 1.99. The van der Waals surface area contributed by atoms with E-state index in [9.17, 15) is 4.39 Å². The van der Waals surface area contributed by atoms with Crippen molar-refractivity contribution in [1.29, 1.82) is 0 Å². The summed E-state index contributed by atoms with van der Waals surface area (Å²) < 4.78 is 14.2. The Hall–Kier alpha value is -0.890. The lowest BCUT2D eigenvalue weighted by Gasteiger charge is -2.35. The Morgan fingerprint density at radius 2 is 2.00 bits per heavy atom. The molecule has 1 N–H and O–H groups in total. The van der Waals surface area contributed by atoms with Gasteiger partial charge in [-0.1, -0.05) is 31.4 Å². The average Bonchev–Trinajstić information content (AvgIpc) is 2.66. The summed E-state index contributed by atoms with van der Waals surface area (Å²) in [6, 6.07) is 5.93. The van der Waals surface area contributed by atoms with Crippen LogP contribution in [0, 0.1) is 5.82 Å². The predicted octanol–water partition coefficient (Wildman–Crippen LogP) is 3.69. The van der Waals surface area contributed by atoms with Crippen molar-refractivity contribution in [3.05, 3.63) is 35.1 Å². The Morgan fingerprint density at radius 1 is 1.24 bits per heavy atom. The Kier molecular flexibility index (Phi) is 2.70. The number of hydrogen-bond acceptors (Lipinski definition) is 1. The monoisotopic (exact) mass is 233 g/mol. The van der Waals surface area contributed by atoms with Crippen LogP contribution in [-0.4, -0.2) is 7.05 Å². The lowest BCUT2D eigenvalue weighted by molar-refractivity contribution is 0.267. The first-order valence-corrected chi connectivity index (χ1v) is 6.73. The van der Waals surface area contributed by atoms with E-state index < -0.39 is 0 Å². The van der Waals surface area contributed by atoms with Gasteiger partial charge in [0.1, 0.15) is 5.82 Å². The van der Waals surface area contributed by atoms with Crippen LogP contribution in [0.4, 0.5) is 4.39 Å². The second kappa shape index (κ2) is 4.09. The van der Waals surface area contributed by atoms with E-state index in [1.54, 1.807) is 6.07 Å². The molecule has 0 heterocycles. The number of nitrogens with one attached hydrogen (secondary N) is 1. The van der Waals surface area contributed by atoms with Crippen LogP contribution in [0.5, 0.6) is 0 Å². The van der Waals surface area contributed by atoms with Gasteiger partial charge in [0.2, 0.25) is 0 Å². The molecule has 0 radical (unpaired) electrons. The maximum Gasteiger partial charge on any atom is 0.127 e. The molecule has 1 unspecified atom stereocenters. The van der Waals surface area contributed by atoms with Gasteiger partial charge in [0, 0.05) is 11.5 Å². The Balaban J connectivity index is 2.10. The highest BCUT2D eigenvalue weighted by Crippen LogP contribution is 2.53. The van der Waals surface area contributed by atoms with Gasteiger partial charge < -0.3 is 5.32 Å². The number of rotatable bonds is 1. The number of hydrogen-bond donors (Lipinski definition) is 1. The third-order valence-corrected chi connectivity index (χ3v) is 4.71. The van der Waals surface area contributed by atoms with Crippen molar-refractivity contribution in [1.82, 2.24) is 5.32 Å². The van der Waals surface area contributed by atoms with E-state index >= 15 is 0 Å². The standard InChI is InChI=1S/C15H20FN/c1-17-13-10-15(8-3-2-4-9-15)14-11(13)6-5-7-12(14)16/h5-7,13,17H,2-4,8-10H2,1H3. The first kappa shape index (κ1) is 11.2. The summed E-state index contributed by atoms with van der Waals surface area (Å²) in [6.07, 6.45) is 7.24. The van der Waals surface area contributed by atoms with Gasteiger partial charge in [-0.25, -0.2) is 4.39 Å². The van der Waals surface area contributed by atoms with Crippen LogP contribution in [0.15, 0.2) is 18.2 Å². The van der Waals surface area contributed by atoms with Gasteiger partial charge in [0.15, 0.2) is 0 Å². The fourth-order valence-electron chi connectivity index (χ4n) is 3.93. The minimum Gasteiger partial charge on any atom is -0.313 e. The van der Waals surface area contributed by atoms with Crippen LogP contribution >= 0.6 is 0 Å². The zero-order valence-electron chi connectivity index (χ0n) is 10.4. The van der Waals surface area contributed by atoms with Gasteiger partial charge in [-0.15, -0.1) is 0 Å². The van der Waals surface area contributed by atoms with Crippen molar-refractivity contribution in [2.75, 3.05) is 7.05 Å². The van der Waals surface area contributed by atoms with Gasteiger partial charge >= 0.3 is 0 Å². The maximum absolute atomic E-state index is 14.2. The Bertz CT molecular complexity index is 421. The predicted molar refractivity (Wildman–Crippen MR) is 67.6 cm³/mol. The summed E-state index contributed by atoms with van der Waals surface area (Å²) in [5, 5.41) is 3.35. The fourth-order valence-corrected chi connectivity index (χ4v) is 3.93. The smallest absolute Gasteiger partial charge is 0.127 e. The molecular formula is C15H20FN. The van der Waals surface area contributed by atoms with E-state index in [4.69, 9.17) is 0 Å². The second-order valence-electron chi connectivity index (χ2n) is 5.59. The maximum atomic E-state index is 14.2. The number of fused-ring (bicyclic) bond motifs is 2. The van der Waals surface area contributed by atoms with Gasteiger partial charge in [0.05, 0.1) is 0 Å². The van der Waals surface area contributed by atoms with Crippen molar-refractivity contribution in [2.45, 2.75) is 50.0 Å². The van der Waals surface area contributed by atoms with E-state index in [1.165, 1.54) is 37.7 Å². The van der Waals surface area contributed by atoms with Crippen LogP contribution in [0.3, 0.4) is 0 Å². The molecule has 1 aromatic carbocycles. The minimum atomic E-state index is 0.0159. The zero-order valence-corrected chi connectivity index (χ0v) is 10.4. The summed E-state index contributed by atoms with van der Waals surface area (Å²) >= 11 is 0. The highest BCUT2D eigenvalue weighted by molar-refractivity contribution is 5.43. The van der Waals surface area contributed by atoms with Crippen molar-refractivity contribution in [2.24, 2.45) is 0 Å². The summed E-state index contributed by atoms with van der Waals surface area (Å²) in [5.41, 5.74) is 2.36. The molecule has 1 fully saturated rings. The lowest BCUT2D eigenvalue weighted by atomic mass is 9.70. The molecule has 1 saturated carbocycles. The molecular weight excluding hydrogens is 213 g/mol. The third kappa shape index (κ3) is 1.61. The Morgan fingerprint density at radius 3 is 2.71 bits per heavy atom. The van der Waals surface area contributed by atoms with Crippen LogP contribution in [0.25, 0.3) is 0 Å². The molecule has 0 saturated heterocycles. The number of benzene rings is 1. The molecule has 2 aliphatic carbocycles. The van der Waals surface area contributed by atoms with E-state index in [1.807, 2.05) is 13.1 Å². The van der Waals surface area contributed by atoms with E-state index in [0.717, 1.165) is 12.0 Å². The molecule has 2 heteroatoms. The number of halogens is 1. The van der Waals surface area contributed by atoms with Crippen LogP contribution in [-0.2, 0) is 5.41 Å². The van der Waals surface area contributed by atoms with Crippen LogP contribution in [0.2, 0.25) is 0 Å². The highest BCUT2D eigenvalue weighted by Gasteiger charge is 2.45. The first-order chi connectivity index (χ1) is 8.27. The van der Waals surface area contributed by atoms with Gasteiger partial charge in [-0.3, -0.25) is 0 Å². The fraction of sp³-hybridized carbons (Fsp3) is 0.600. The Labute approximate surface area is 102 Å². The summed E-state index contributed by atoms with van der Waals surface area (Å²) in [4.78, 5) is 0. The molecule has 1 nitrogen and oxygen atoms in total. The average molecular weight is 233 g/mol. The van der Waals surface area contributed by atoms with Crippen LogP contribution in [0.1, 0.15) is 55.7 Å². The largest absolute Gasteiger partial charge is 0.313 e. The summed E-state index contributed by atoms with van der Waals surface area (Å²) in [6.45, 7) is 0. The molecule has 1 aromatic rings. The molecule has 0 aromatic heterocycles. The van der Waals surface area contributed by atoms with E-state index in [2.05, 4.69) is 11.4 Å². The zero-order chi connectivity index (χ0) is 11.9. The summed E-state index contributed by atoms with van der Waals surface area (Å²) in [5.74, 6) is 0.0159. The quantitative estimate of drug-likeness (QED) is 0.780. The molecule has 17 heavy (non-hydrogen) atoms. The van der Waals surface area contributed by atoms with Crippen molar-refractivity contribution in [3.63, 3.8) is 0 Å². The van der Waals surface area contributed by atoms with Crippen molar-refractivity contribution >= 4 is 0 Å². The third-order valence-electron chi connectivity index (χ3n) is 4.71. The normalized spacial score (nSPS) is 26.1. The van der Waals surface area contributed by atoms with Crippen molar-refractivity contribution < 1.29 is 4.39 Å². The van der Waals surface area contributed by atoms with Crippen molar-refractivity contribution in [3.8, 4) is 0 Å². The molecule has 1 atom stereocenters. The molecule has 0 bridgehead atoms. The van der Waals surface area contributed by atoms with Gasteiger partial charge in [0.25, 0.3) is 0 Å². The SMILES string of the molecule is CNC1CC2(CCCCC2)c2c(F)cccc21. The minimum absolute atomic E-state index is 0.0159. The highest BCUT2D eigenvalue weighted by atomic mass is 19.1. The lowest BCUT2D eigenvalue weighted by Crippen LogP contribution is -2.28. The van der Waals surface area contributed by atoms with E-state index in [0.29, 0.717) is 6.04 Å². The topological polar surface area (TPSA) is 12.0 Å². The molecule has 0 aliphatic heterocycles. The molecule has 0 amide bonds. The first-order valence-electron chi connectivity index (χ1n) is 6.73. The molecule has 92 valence electrons. The molecule has 3 rings (SSSR count). The van der Waals surface area contributed by atoms with Gasteiger partial charge in [-0.2, -0.15) is 0 Å². The van der Waals surface area contributed by atoms with Gasteiger partial charge in [-0.05, 0) is 43.5 Å². The van der Waals surface area contributed by atoms with Crippen LogP contribution < -0.4 is 5.32 Å². The molecule has 1 spiro atoms. The molecule has 2 aliphatic rings. The van der Waals surface area contributed by atoms with E-state index in [-0.39, 0.29) is 11.2 Å².